The van der Waals surface area contributed by atoms with Gasteiger partial charge in [0.25, 0.3) is 0 Å². The molecule has 1 atom stereocenters. The van der Waals surface area contributed by atoms with Crippen LogP contribution in [0.4, 0.5) is 11.5 Å². The van der Waals surface area contributed by atoms with Crippen LogP contribution in [0.2, 0.25) is 0 Å². The molecule has 2 aliphatic rings. The fraction of sp³-hybridized carbons (Fsp3) is 0.400. The molecule has 1 unspecified atom stereocenters. The van der Waals surface area contributed by atoms with Gasteiger partial charge in [-0.15, -0.1) is 5.10 Å². The third-order valence-electron chi connectivity index (χ3n) is 6.91. The van der Waals surface area contributed by atoms with E-state index in [1.54, 1.807) is 0 Å². The van der Waals surface area contributed by atoms with Crippen LogP contribution in [0.5, 0.6) is 0 Å². The van der Waals surface area contributed by atoms with Crippen molar-refractivity contribution in [1.82, 2.24) is 15.1 Å². The van der Waals surface area contributed by atoms with Crippen molar-refractivity contribution in [2.75, 3.05) is 36.4 Å². The Morgan fingerprint density at radius 3 is 2.87 bits per heavy atom. The first kappa shape index (κ1) is 19.8. The average molecular weight is 413 g/mol. The Bertz CT molecular complexity index is 1160. The van der Waals surface area contributed by atoms with Crippen molar-refractivity contribution in [2.24, 2.45) is 0 Å². The third-order valence-corrected chi connectivity index (χ3v) is 6.91. The van der Waals surface area contributed by atoms with E-state index >= 15 is 0 Å². The van der Waals surface area contributed by atoms with E-state index in [1.807, 2.05) is 26.0 Å². The van der Waals surface area contributed by atoms with Gasteiger partial charge < -0.3 is 10.2 Å². The number of anilines is 2. The lowest BCUT2D eigenvalue weighted by molar-refractivity contribution is 0.231. The van der Waals surface area contributed by atoms with E-state index in [0.717, 1.165) is 53.0 Å². The minimum atomic E-state index is 0.610. The molecule has 158 valence electrons. The van der Waals surface area contributed by atoms with Gasteiger partial charge >= 0.3 is 0 Å². The number of hydrogen-bond donors (Lipinski definition) is 1. The molecule has 3 heterocycles. The van der Waals surface area contributed by atoms with E-state index in [0.29, 0.717) is 18.2 Å². The van der Waals surface area contributed by atoms with Crippen LogP contribution >= 0.6 is 0 Å². The van der Waals surface area contributed by atoms with Gasteiger partial charge in [-0.25, -0.2) is 0 Å². The molecular weight excluding hydrogens is 384 g/mol. The van der Waals surface area contributed by atoms with Gasteiger partial charge in [0.05, 0.1) is 17.3 Å². The minimum absolute atomic E-state index is 0.610. The van der Waals surface area contributed by atoms with Gasteiger partial charge in [0.15, 0.2) is 5.82 Å². The zero-order valence-electron chi connectivity index (χ0n) is 18.2. The van der Waals surface area contributed by atoms with Crippen molar-refractivity contribution >= 4 is 22.3 Å². The smallest absolute Gasteiger partial charge is 0.156 e. The molecule has 1 aromatic heterocycles. The molecule has 0 bridgehead atoms. The Morgan fingerprint density at radius 1 is 1.10 bits per heavy atom. The normalized spacial score (nSPS) is 18.7. The van der Waals surface area contributed by atoms with Crippen LogP contribution in [0.3, 0.4) is 0 Å². The van der Waals surface area contributed by atoms with Crippen molar-refractivity contribution in [3.63, 3.8) is 0 Å². The number of rotatable bonds is 4. The molecule has 0 amide bonds. The van der Waals surface area contributed by atoms with Crippen LogP contribution in [0.25, 0.3) is 10.8 Å². The maximum Gasteiger partial charge on any atom is 0.156 e. The molecule has 0 radical (unpaired) electrons. The summed E-state index contributed by atoms with van der Waals surface area (Å²) in [4.78, 5) is 5.16. The van der Waals surface area contributed by atoms with Gasteiger partial charge in [-0.05, 0) is 62.6 Å². The molecule has 6 nitrogen and oxygen atoms in total. The molecule has 3 aromatic rings. The van der Waals surface area contributed by atoms with Gasteiger partial charge in [0, 0.05) is 48.7 Å². The summed E-state index contributed by atoms with van der Waals surface area (Å²) in [6, 6.07) is 15.5. The van der Waals surface area contributed by atoms with E-state index in [2.05, 4.69) is 55.6 Å². The van der Waals surface area contributed by atoms with Gasteiger partial charge in [-0.3, -0.25) is 4.90 Å². The quantitative estimate of drug-likeness (QED) is 0.698. The topological polar surface area (TPSA) is 68.1 Å². The van der Waals surface area contributed by atoms with E-state index in [9.17, 15) is 5.26 Å². The summed E-state index contributed by atoms with van der Waals surface area (Å²) >= 11 is 0. The molecule has 2 aromatic carbocycles. The first-order valence-corrected chi connectivity index (χ1v) is 11.1. The Labute approximate surface area is 183 Å². The zero-order valence-corrected chi connectivity index (χ0v) is 18.2. The van der Waals surface area contributed by atoms with Crippen LogP contribution in [-0.4, -0.2) is 47.3 Å². The molecule has 2 saturated heterocycles. The summed E-state index contributed by atoms with van der Waals surface area (Å²) < 4.78 is 0. The van der Waals surface area contributed by atoms with E-state index < -0.39 is 0 Å². The Morgan fingerprint density at radius 2 is 2.00 bits per heavy atom. The largest absolute Gasteiger partial charge is 0.369 e. The fourth-order valence-corrected chi connectivity index (χ4v) is 5.00. The predicted octanol–water partition coefficient (Wildman–Crippen LogP) is 4.01. The summed E-state index contributed by atoms with van der Waals surface area (Å²) in [5.41, 5.74) is 5.03. The monoisotopic (exact) mass is 412 g/mol. The molecule has 0 aliphatic carbocycles. The number of aryl methyl sites for hydroxylation is 1. The van der Waals surface area contributed by atoms with Crippen LogP contribution in [0, 0.1) is 25.2 Å². The number of hydrogen-bond acceptors (Lipinski definition) is 6. The molecule has 2 fully saturated rings. The lowest BCUT2D eigenvalue weighted by Crippen LogP contribution is -2.50. The number of nitrogens with zero attached hydrogens (tertiary/aromatic N) is 5. The second-order valence-corrected chi connectivity index (χ2v) is 8.70. The summed E-state index contributed by atoms with van der Waals surface area (Å²) in [6.45, 7) is 9.20. The molecule has 6 heteroatoms. The van der Waals surface area contributed by atoms with E-state index in [1.165, 1.54) is 25.1 Å². The second-order valence-electron chi connectivity index (χ2n) is 8.70. The SMILES string of the molecule is Cc1c(C#N)cccc1CNc1nnc(C)c2ccc(N3CCN4CCCC4C3)cc12. The highest BCUT2D eigenvalue weighted by Crippen LogP contribution is 2.31. The van der Waals surface area contributed by atoms with Gasteiger partial charge in [-0.1, -0.05) is 18.2 Å². The highest BCUT2D eigenvalue weighted by atomic mass is 15.3. The number of fused-ring (bicyclic) bond motifs is 2. The fourth-order valence-electron chi connectivity index (χ4n) is 5.00. The molecule has 1 N–H and O–H groups in total. The van der Waals surface area contributed by atoms with Crippen molar-refractivity contribution in [2.45, 2.75) is 39.3 Å². The zero-order chi connectivity index (χ0) is 21.4. The lowest BCUT2D eigenvalue weighted by Gasteiger charge is -2.39. The van der Waals surface area contributed by atoms with Crippen molar-refractivity contribution in [3.05, 3.63) is 58.8 Å². The first-order valence-electron chi connectivity index (χ1n) is 11.1. The standard InChI is InChI=1S/C25H28N6/c1-17-19(14-26)5-3-6-20(17)15-27-25-24-13-21(8-9-23(24)18(2)28-29-25)31-12-11-30-10-4-7-22(30)16-31/h3,5-6,8-9,13,22H,4,7,10-12,15-16H2,1-2H3,(H,27,29). The summed E-state index contributed by atoms with van der Waals surface area (Å²) in [6.07, 6.45) is 2.63. The van der Waals surface area contributed by atoms with Crippen LogP contribution in [-0.2, 0) is 6.54 Å². The molecule has 31 heavy (non-hydrogen) atoms. The first-order chi connectivity index (χ1) is 15.1. The minimum Gasteiger partial charge on any atom is -0.369 e. The van der Waals surface area contributed by atoms with Gasteiger partial charge in [-0.2, -0.15) is 10.4 Å². The number of nitriles is 1. The second kappa shape index (κ2) is 8.16. The Hall–Kier alpha value is -3.17. The van der Waals surface area contributed by atoms with Crippen molar-refractivity contribution in [1.29, 1.82) is 5.26 Å². The Kier molecular flexibility index (Phi) is 5.21. The maximum absolute atomic E-state index is 9.31. The van der Waals surface area contributed by atoms with Crippen LogP contribution in [0.15, 0.2) is 36.4 Å². The van der Waals surface area contributed by atoms with Crippen molar-refractivity contribution < 1.29 is 0 Å². The van der Waals surface area contributed by atoms with Gasteiger partial charge in [0.2, 0.25) is 0 Å². The molecule has 0 saturated carbocycles. The molecule has 2 aliphatic heterocycles. The van der Waals surface area contributed by atoms with Crippen molar-refractivity contribution in [3.8, 4) is 6.07 Å². The molecule has 0 spiro atoms. The predicted molar refractivity (Wildman–Crippen MR) is 124 cm³/mol. The highest BCUT2D eigenvalue weighted by Gasteiger charge is 2.30. The molecular formula is C25H28N6. The highest BCUT2D eigenvalue weighted by molar-refractivity contribution is 5.95. The number of benzene rings is 2. The maximum atomic E-state index is 9.31. The summed E-state index contributed by atoms with van der Waals surface area (Å²) in [5, 5.41) is 23.9. The number of piperazine rings is 1. The average Bonchev–Trinajstić information content (AvgIpc) is 3.27. The molecule has 5 rings (SSSR count). The van der Waals surface area contributed by atoms with E-state index in [4.69, 9.17) is 0 Å². The van der Waals surface area contributed by atoms with Gasteiger partial charge in [0.1, 0.15) is 0 Å². The number of nitrogens with one attached hydrogen (secondary N) is 1. The van der Waals surface area contributed by atoms with Crippen LogP contribution in [0.1, 0.15) is 35.2 Å². The Balaban J connectivity index is 1.44. The number of aromatic nitrogens is 2. The summed E-state index contributed by atoms with van der Waals surface area (Å²) in [7, 11) is 0. The lowest BCUT2D eigenvalue weighted by atomic mass is 10.0. The third kappa shape index (κ3) is 3.70. The van der Waals surface area contributed by atoms with Crippen LogP contribution < -0.4 is 10.2 Å². The van der Waals surface area contributed by atoms with E-state index in [-0.39, 0.29) is 0 Å². The summed E-state index contributed by atoms with van der Waals surface area (Å²) in [5.74, 6) is 0.795.